The van der Waals surface area contributed by atoms with Crippen molar-refractivity contribution < 1.29 is 23.1 Å². The SMILES string of the molecule is CC(C)(C)OC(=O)N(c1ccc(F)cc1)c1nc(N)c(C(=O)c2ccc(F)cc2)s1. The Morgan fingerprint density at radius 2 is 1.53 bits per heavy atom. The summed E-state index contributed by atoms with van der Waals surface area (Å²) >= 11 is 0.880. The number of hydrogen-bond acceptors (Lipinski definition) is 6. The minimum atomic E-state index is -0.801. The van der Waals surface area contributed by atoms with Crippen LogP contribution in [0.5, 0.6) is 0 Å². The molecule has 2 N–H and O–H groups in total. The van der Waals surface area contributed by atoms with Crippen molar-refractivity contribution in [1.82, 2.24) is 4.98 Å². The highest BCUT2D eigenvalue weighted by atomic mass is 32.1. The summed E-state index contributed by atoms with van der Waals surface area (Å²) in [6, 6.07) is 10.1. The van der Waals surface area contributed by atoms with Gasteiger partial charge in [-0.3, -0.25) is 4.79 Å². The third kappa shape index (κ3) is 4.80. The first-order valence-corrected chi connectivity index (χ1v) is 9.72. The summed E-state index contributed by atoms with van der Waals surface area (Å²) in [5, 5.41) is 0.0822. The number of carbonyl (C=O) groups is 2. The lowest BCUT2D eigenvalue weighted by Gasteiger charge is -2.25. The zero-order valence-corrected chi connectivity index (χ0v) is 17.3. The number of halogens is 2. The first kappa shape index (κ1) is 21.4. The molecule has 0 spiro atoms. The van der Waals surface area contributed by atoms with Gasteiger partial charge in [0.25, 0.3) is 0 Å². The lowest BCUT2D eigenvalue weighted by Crippen LogP contribution is -2.33. The minimum Gasteiger partial charge on any atom is -0.443 e. The predicted molar refractivity (Wildman–Crippen MR) is 111 cm³/mol. The molecule has 156 valence electrons. The van der Waals surface area contributed by atoms with Gasteiger partial charge in [0.2, 0.25) is 10.9 Å². The molecule has 0 atom stereocenters. The summed E-state index contributed by atoms with van der Waals surface area (Å²) < 4.78 is 32.0. The summed E-state index contributed by atoms with van der Waals surface area (Å²) in [7, 11) is 0. The molecule has 0 bridgehead atoms. The second-order valence-electron chi connectivity index (χ2n) is 7.34. The quantitative estimate of drug-likeness (QED) is 0.566. The molecule has 0 unspecified atom stereocenters. The van der Waals surface area contributed by atoms with Crippen LogP contribution >= 0.6 is 11.3 Å². The normalized spacial score (nSPS) is 11.2. The number of amides is 1. The molecule has 3 aromatic rings. The average Bonchev–Trinajstić information content (AvgIpc) is 3.03. The maximum Gasteiger partial charge on any atom is 0.421 e. The van der Waals surface area contributed by atoms with Gasteiger partial charge in [-0.2, -0.15) is 0 Å². The number of hydrogen-bond donors (Lipinski definition) is 1. The van der Waals surface area contributed by atoms with Crippen LogP contribution in [0.3, 0.4) is 0 Å². The number of benzene rings is 2. The molecule has 0 aliphatic carbocycles. The largest absolute Gasteiger partial charge is 0.443 e. The van der Waals surface area contributed by atoms with E-state index in [-0.39, 0.29) is 21.4 Å². The highest BCUT2D eigenvalue weighted by Crippen LogP contribution is 2.35. The first-order chi connectivity index (χ1) is 14.0. The standard InChI is InChI=1S/C21H19F2N3O3S/c1-21(2,3)29-20(28)26(15-10-8-14(23)9-11-15)19-25-18(24)17(30-19)16(27)12-4-6-13(22)7-5-12/h4-11H,24H2,1-3H3. The smallest absolute Gasteiger partial charge is 0.421 e. The molecule has 0 saturated heterocycles. The van der Waals surface area contributed by atoms with Crippen LogP contribution < -0.4 is 10.6 Å². The van der Waals surface area contributed by atoms with Gasteiger partial charge in [0, 0.05) is 5.56 Å². The molecular weight excluding hydrogens is 412 g/mol. The number of ketones is 1. The van der Waals surface area contributed by atoms with Crippen molar-refractivity contribution in [3.8, 4) is 0 Å². The Hall–Kier alpha value is -3.33. The number of rotatable bonds is 4. The molecule has 6 nitrogen and oxygen atoms in total. The molecule has 1 heterocycles. The molecule has 0 aliphatic rings. The van der Waals surface area contributed by atoms with Gasteiger partial charge in [-0.05, 0) is 69.3 Å². The molecular formula is C21H19F2N3O3S. The van der Waals surface area contributed by atoms with E-state index in [2.05, 4.69) is 4.98 Å². The van der Waals surface area contributed by atoms with Gasteiger partial charge >= 0.3 is 6.09 Å². The highest BCUT2D eigenvalue weighted by molar-refractivity contribution is 7.18. The fourth-order valence-electron chi connectivity index (χ4n) is 2.50. The molecule has 9 heteroatoms. The van der Waals surface area contributed by atoms with E-state index in [4.69, 9.17) is 10.5 Å². The fourth-order valence-corrected chi connectivity index (χ4v) is 3.46. The molecule has 0 fully saturated rings. The summed E-state index contributed by atoms with van der Waals surface area (Å²) in [4.78, 5) is 31.0. The molecule has 0 saturated carbocycles. The number of aromatic nitrogens is 1. The molecule has 2 aromatic carbocycles. The third-order valence-electron chi connectivity index (χ3n) is 3.81. The zero-order valence-electron chi connectivity index (χ0n) is 16.5. The van der Waals surface area contributed by atoms with Gasteiger partial charge in [0.15, 0.2) is 0 Å². The van der Waals surface area contributed by atoms with Crippen LogP contribution in [0.4, 0.5) is 30.2 Å². The monoisotopic (exact) mass is 431 g/mol. The van der Waals surface area contributed by atoms with Crippen LogP contribution in [0, 0.1) is 11.6 Å². The van der Waals surface area contributed by atoms with Gasteiger partial charge in [0.1, 0.15) is 27.9 Å². The minimum absolute atomic E-state index is 0.0822. The number of nitrogens with zero attached hydrogens (tertiary/aromatic N) is 2. The van der Waals surface area contributed by atoms with Gasteiger partial charge in [-0.25, -0.2) is 23.5 Å². The van der Waals surface area contributed by atoms with Crippen LogP contribution in [-0.4, -0.2) is 22.5 Å². The van der Waals surface area contributed by atoms with Crippen LogP contribution in [0.15, 0.2) is 48.5 Å². The van der Waals surface area contributed by atoms with Crippen LogP contribution in [0.2, 0.25) is 0 Å². The lowest BCUT2D eigenvalue weighted by molar-refractivity contribution is 0.0599. The van der Waals surface area contributed by atoms with E-state index in [1.165, 1.54) is 36.4 Å². The average molecular weight is 431 g/mol. The molecule has 30 heavy (non-hydrogen) atoms. The van der Waals surface area contributed by atoms with Crippen molar-refractivity contribution in [3.05, 3.63) is 70.6 Å². The number of ether oxygens (including phenoxy) is 1. The molecule has 0 aliphatic heterocycles. The van der Waals surface area contributed by atoms with E-state index in [1.54, 1.807) is 20.8 Å². The number of thiazole rings is 1. The van der Waals surface area contributed by atoms with Crippen LogP contribution in [-0.2, 0) is 4.74 Å². The number of nitrogen functional groups attached to an aromatic ring is 1. The molecule has 3 rings (SSSR count). The second-order valence-corrected chi connectivity index (χ2v) is 8.32. The van der Waals surface area contributed by atoms with Crippen molar-refractivity contribution in [2.24, 2.45) is 0 Å². The Morgan fingerprint density at radius 1 is 1.00 bits per heavy atom. The van der Waals surface area contributed by atoms with Crippen molar-refractivity contribution >= 4 is 39.9 Å². The fraction of sp³-hybridized carbons (Fsp3) is 0.190. The summed E-state index contributed by atoms with van der Waals surface area (Å²) in [5.74, 6) is -1.50. The predicted octanol–water partition coefficient (Wildman–Crippen LogP) is 5.31. The van der Waals surface area contributed by atoms with E-state index < -0.39 is 29.1 Å². The Morgan fingerprint density at radius 3 is 2.07 bits per heavy atom. The Labute approximate surface area is 175 Å². The third-order valence-corrected chi connectivity index (χ3v) is 4.86. The lowest BCUT2D eigenvalue weighted by atomic mass is 10.1. The summed E-state index contributed by atoms with van der Waals surface area (Å²) in [6.07, 6.45) is -0.761. The molecule has 1 amide bonds. The summed E-state index contributed by atoms with van der Waals surface area (Å²) in [5.41, 5.74) is 5.66. The second kappa shape index (κ2) is 8.19. The van der Waals surface area contributed by atoms with Crippen molar-refractivity contribution in [2.75, 3.05) is 10.6 Å². The molecule has 0 radical (unpaired) electrons. The Balaban J connectivity index is 2.02. The number of carbonyl (C=O) groups excluding carboxylic acids is 2. The number of nitrogens with two attached hydrogens (primary N) is 1. The van der Waals surface area contributed by atoms with E-state index >= 15 is 0 Å². The van der Waals surface area contributed by atoms with E-state index in [0.717, 1.165) is 28.4 Å². The van der Waals surface area contributed by atoms with Gasteiger partial charge in [0.05, 0.1) is 5.69 Å². The van der Waals surface area contributed by atoms with Gasteiger partial charge < -0.3 is 10.5 Å². The van der Waals surface area contributed by atoms with E-state index in [0.29, 0.717) is 5.69 Å². The van der Waals surface area contributed by atoms with Crippen LogP contribution in [0.25, 0.3) is 0 Å². The highest BCUT2D eigenvalue weighted by Gasteiger charge is 2.29. The van der Waals surface area contributed by atoms with Gasteiger partial charge in [-0.1, -0.05) is 11.3 Å². The summed E-state index contributed by atoms with van der Waals surface area (Å²) in [6.45, 7) is 5.11. The van der Waals surface area contributed by atoms with Crippen molar-refractivity contribution in [2.45, 2.75) is 26.4 Å². The van der Waals surface area contributed by atoms with Gasteiger partial charge in [-0.15, -0.1) is 0 Å². The van der Waals surface area contributed by atoms with Crippen molar-refractivity contribution in [1.29, 1.82) is 0 Å². The van der Waals surface area contributed by atoms with E-state index in [9.17, 15) is 18.4 Å². The Bertz CT molecular complexity index is 1070. The van der Waals surface area contributed by atoms with E-state index in [1.807, 2.05) is 0 Å². The first-order valence-electron chi connectivity index (χ1n) is 8.90. The zero-order chi connectivity index (χ0) is 22.1. The topological polar surface area (TPSA) is 85.5 Å². The van der Waals surface area contributed by atoms with Crippen molar-refractivity contribution in [3.63, 3.8) is 0 Å². The number of anilines is 3. The van der Waals surface area contributed by atoms with Crippen LogP contribution in [0.1, 0.15) is 36.0 Å². The maximum absolute atomic E-state index is 13.4. The molecule has 1 aromatic heterocycles. The maximum atomic E-state index is 13.4. The Kier molecular flexibility index (Phi) is 5.84.